The van der Waals surface area contributed by atoms with Gasteiger partial charge in [-0.15, -0.1) is 0 Å². The number of methoxy groups -OCH3 is 1. The Morgan fingerprint density at radius 3 is 2.52 bits per heavy atom. The Balaban J connectivity index is 0.00000192. The van der Waals surface area contributed by atoms with Crippen molar-refractivity contribution in [1.82, 2.24) is 4.90 Å². The van der Waals surface area contributed by atoms with Gasteiger partial charge in [0.05, 0.1) is 12.7 Å². The summed E-state index contributed by atoms with van der Waals surface area (Å²) < 4.78 is 10.6. The van der Waals surface area contributed by atoms with Crippen LogP contribution in [0.4, 0.5) is 0 Å². The molecule has 2 aliphatic rings. The molecule has 2 heterocycles. The summed E-state index contributed by atoms with van der Waals surface area (Å²) in [6.07, 6.45) is 2.26. The molecule has 1 radical (unpaired) electrons. The van der Waals surface area contributed by atoms with Crippen LogP contribution >= 0.6 is 0 Å². The molecule has 3 rings (SSSR count). The number of fused-ring (bicyclic) bond motifs is 2. The molecule has 0 unspecified atom stereocenters. The Morgan fingerprint density at radius 1 is 1.17 bits per heavy atom. The van der Waals surface area contributed by atoms with Crippen LogP contribution in [0.1, 0.15) is 29.6 Å². The molecule has 1 aromatic carbocycles. The van der Waals surface area contributed by atoms with Gasteiger partial charge in [0.25, 0.3) is 0 Å². The molecule has 0 aromatic heterocycles. The molecule has 0 spiro atoms. The van der Waals surface area contributed by atoms with Gasteiger partial charge in [0, 0.05) is 35.3 Å². The predicted octanol–water partition coefficient (Wildman–Crippen LogP) is 1.87. The SMILES string of the molecule is COC(=O)[C@H]1[C@@H](OC(=O)c2ccccc2)C[C@@H]2CC[C@H]1N2C.[Co]. The fourth-order valence-electron chi connectivity index (χ4n) is 3.77. The van der Waals surface area contributed by atoms with Crippen LogP contribution in [0.2, 0.25) is 0 Å². The van der Waals surface area contributed by atoms with Crippen LogP contribution in [0.15, 0.2) is 30.3 Å². The Labute approximate surface area is 146 Å². The summed E-state index contributed by atoms with van der Waals surface area (Å²) in [5.41, 5.74) is 0.511. The van der Waals surface area contributed by atoms with E-state index >= 15 is 0 Å². The number of carbonyl (C=O) groups excluding carboxylic acids is 2. The van der Waals surface area contributed by atoms with Crippen molar-refractivity contribution < 1.29 is 35.8 Å². The van der Waals surface area contributed by atoms with Crippen LogP contribution in [0.3, 0.4) is 0 Å². The standard InChI is InChI=1S/C17H21NO4.Co/c1-18-12-8-9-13(18)15(17(20)21-2)14(10-12)22-16(19)11-6-4-3-5-7-11;/h3-7,12-15H,8-10H2,1-2H3;/t12-,13+,14-,15+;/m0./s1. The summed E-state index contributed by atoms with van der Waals surface area (Å²) in [6.45, 7) is 0. The van der Waals surface area contributed by atoms with Crippen molar-refractivity contribution in [3.05, 3.63) is 35.9 Å². The van der Waals surface area contributed by atoms with Gasteiger partial charge in [-0.1, -0.05) is 18.2 Å². The zero-order valence-corrected chi connectivity index (χ0v) is 14.3. The minimum Gasteiger partial charge on any atom is -0.469 e. The van der Waals surface area contributed by atoms with Crippen LogP contribution in [-0.4, -0.2) is 49.2 Å². The van der Waals surface area contributed by atoms with E-state index in [2.05, 4.69) is 4.90 Å². The second-order valence-electron chi connectivity index (χ2n) is 6.06. The van der Waals surface area contributed by atoms with Crippen LogP contribution in [-0.2, 0) is 31.0 Å². The van der Waals surface area contributed by atoms with Gasteiger partial charge in [-0.25, -0.2) is 4.79 Å². The second kappa shape index (κ2) is 7.46. The summed E-state index contributed by atoms with van der Waals surface area (Å²) in [4.78, 5) is 26.7. The molecule has 2 saturated heterocycles. The maximum atomic E-state index is 12.3. The first-order valence-corrected chi connectivity index (χ1v) is 7.67. The molecule has 0 aliphatic carbocycles. The molecule has 2 fully saturated rings. The first-order chi connectivity index (χ1) is 10.6. The third-order valence-corrected chi connectivity index (χ3v) is 4.96. The van der Waals surface area contributed by atoms with Crippen molar-refractivity contribution in [3.63, 3.8) is 0 Å². The number of hydrogen-bond acceptors (Lipinski definition) is 5. The monoisotopic (exact) mass is 362 g/mol. The zero-order chi connectivity index (χ0) is 15.7. The first kappa shape index (κ1) is 18.0. The van der Waals surface area contributed by atoms with E-state index in [4.69, 9.17) is 9.47 Å². The maximum Gasteiger partial charge on any atom is 0.338 e. The van der Waals surface area contributed by atoms with Gasteiger partial charge in [-0.3, -0.25) is 9.69 Å². The number of nitrogens with zero attached hydrogens (tertiary/aromatic N) is 1. The summed E-state index contributed by atoms with van der Waals surface area (Å²) in [5.74, 6) is -1.06. The molecule has 2 bridgehead atoms. The molecule has 0 N–H and O–H groups in total. The van der Waals surface area contributed by atoms with Crippen LogP contribution < -0.4 is 0 Å². The Morgan fingerprint density at radius 2 is 1.87 bits per heavy atom. The van der Waals surface area contributed by atoms with Crippen molar-refractivity contribution in [3.8, 4) is 0 Å². The van der Waals surface area contributed by atoms with Crippen LogP contribution in [0.5, 0.6) is 0 Å². The number of piperidine rings is 1. The molecule has 1 aromatic rings. The minimum atomic E-state index is -0.408. The molecule has 2 aliphatic heterocycles. The smallest absolute Gasteiger partial charge is 0.338 e. The van der Waals surface area contributed by atoms with Crippen molar-refractivity contribution in [2.75, 3.05) is 14.2 Å². The van der Waals surface area contributed by atoms with E-state index in [9.17, 15) is 9.59 Å². The number of hydrogen-bond donors (Lipinski definition) is 0. The van der Waals surface area contributed by atoms with E-state index in [0.717, 1.165) is 12.8 Å². The quantitative estimate of drug-likeness (QED) is 0.769. The van der Waals surface area contributed by atoms with Crippen molar-refractivity contribution in [2.45, 2.75) is 37.5 Å². The third kappa shape index (κ3) is 3.44. The van der Waals surface area contributed by atoms with E-state index in [1.807, 2.05) is 13.1 Å². The molecule has 127 valence electrons. The number of benzene rings is 1. The molecular formula is C17H21CoNO4. The van der Waals surface area contributed by atoms with E-state index < -0.39 is 12.0 Å². The average molecular weight is 362 g/mol. The molecule has 6 heteroatoms. The van der Waals surface area contributed by atoms with Gasteiger partial charge < -0.3 is 9.47 Å². The normalized spacial score (nSPS) is 29.5. The van der Waals surface area contributed by atoms with Crippen molar-refractivity contribution in [1.29, 1.82) is 0 Å². The fourth-order valence-corrected chi connectivity index (χ4v) is 3.77. The van der Waals surface area contributed by atoms with Crippen LogP contribution in [0, 0.1) is 5.92 Å². The number of rotatable bonds is 3. The van der Waals surface area contributed by atoms with E-state index in [1.54, 1.807) is 24.3 Å². The Bertz CT molecular complexity index is 565. The van der Waals surface area contributed by atoms with Crippen LogP contribution in [0.25, 0.3) is 0 Å². The van der Waals surface area contributed by atoms with Gasteiger partial charge in [-0.05, 0) is 32.0 Å². The Kier molecular flexibility index (Phi) is 5.83. The van der Waals surface area contributed by atoms with Gasteiger partial charge in [0.15, 0.2) is 0 Å². The number of esters is 2. The Hall–Kier alpha value is -1.37. The van der Waals surface area contributed by atoms with E-state index in [-0.39, 0.29) is 34.8 Å². The van der Waals surface area contributed by atoms with Gasteiger partial charge in [-0.2, -0.15) is 0 Å². The van der Waals surface area contributed by atoms with E-state index in [0.29, 0.717) is 18.0 Å². The van der Waals surface area contributed by atoms with Crippen molar-refractivity contribution in [2.24, 2.45) is 5.92 Å². The maximum absolute atomic E-state index is 12.3. The minimum absolute atomic E-state index is 0. The summed E-state index contributed by atoms with van der Waals surface area (Å²) >= 11 is 0. The average Bonchev–Trinajstić information content (AvgIpc) is 2.78. The fraction of sp³-hybridized carbons (Fsp3) is 0.529. The number of ether oxygens (including phenoxy) is 2. The molecule has 0 saturated carbocycles. The number of carbonyl (C=O) groups is 2. The third-order valence-electron chi connectivity index (χ3n) is 4.96. The zero-order valence-electron chi connectivity index (χ0n) is 13.2. The molecule has 4 atom stereocenters. The predicted molar refractivity (Wildman–Crippen MR) is 80.3 cm³/mol. The van der Waals surface area contributed by atoms with Gasteiger partial charge >= 0.3 is 11.9 Å². The van der Waals surface area contributed by atoms with E-state index in [1.165, 1.54) is 7.11 Å². The summed E-state index contributed by atoms with van der Waals surface area (Å²) in [5, 5.41) is 0. The molecule has 5 nitrogen and oxygen atoms in total. The topological polar surface area (TPSA) is 55.8 Å². The molecule has 23 heavy (non-hydrogen) atoms. The van der Waals surface area contributed by atoms with Gasteiger partial charge in [0.1, 0.15) is 12.0 Å². The summed E-state index contributed by atoms with van der Waals surface area (Å²) in [7, 11) is 3.42. The molecular weight excluding hydrogens is 341 g/mol. The largest absolute Gasteiger partial charge is 0.469 e. The first-order valence-electron chi connectivity index (χ1n) is 7.67. The molecule has 0 amide bonds. The summed E-state index contributed by atoms with van der Waals surface area (Å²) in [6, 6.07) is 9.36. The van der Waals surface area contributed by atoms with Crippen molar-refractivity contribution >= 4 is 11.9 Å². The second-order valence-corrected chi connectivity index (χ2v) is 6.06. The van der Waals surface area contributed by atoms with Gasteiger partial charge in [0.2, 0.25) is 0 Å².